The van der Waals surface area contributed by atoms with Gasteiger partial charge in [-0.05, 0) is 30.0 Å². The van der Waals surface area contributed by atoms with Crippen molar-refractivity contribution in [3.05, 3.63) is 48.0 Å². The first kappa shape index (κ1) is 31.8. The van der Waals surface area contributed by atoms with Gasteiger partial charge in [0.1, 0.15) is 23.9 Å². The van der Waals surface area contributed by atoms with Crippen molar-refractivity contribution in [1.82, 2.24) is 25.9 Å². The first-order valence-electron chi connectivity index (χ1n) is 12.8. The fourth-order valence-electron chi connectivity index (χ4n) is 3.82. The number of imidazole rings is 1. The third-order valence-electron chi connectivity index (χ3n) is 6.40. The zero-order valence-electron chi connectivity index (χ0n) is 22.3. The average molecular weight is 561 g/mol. The summed E-state index contributed by atoms with van der Waals surface area (Å²) in [5, 5.41) is 35.5. The molecule has 0 fully saturated rings. The van der Waals surface area contributed by atoms with E-state index in [1.165, 1.54) is 24.7 Å². The molecule has 2 aromatic rings. The van der Waals surface area contributed by atoms with Gasteiger partial charge in [-0.25, -0.2) is 9.78 Å². The van der Waals surface area contributed by atoms with Gasteiger partial charge in [0, 0.05) is 31.2 Å². The molecule has 40 heavy (non-hydrogen) atoms. The zero-order valence-corrected chi connectivity index (χ0v) is 22.3. The lowest BCUT2D eigenvalue weighted by Gasteiger charge is -2.28. The van der Waals surface area contributed by atoms with Crippen LogP contribution in [0.1, 0.15) is 44.4 Å². The van der Waals surface area contributed by atoms with E-state index >= 15 is 0 Å². The Morgan fingerprint density at radius 2 is 1.60 bits per heavy atom. The molecule has 1 aromatic carbocycles. The normalized spacial score (nSPS) is 14.7. The summed E-state index contributed by atoms with van der Waals surface area (Å²) in [5.41, 5.74) is 7.25. The molecule has 0 spiro atoms. The van der Waals surface area contributed by atoms with E-state index in [-0.39, 0.29) is 25.0 Å². The summed E-state index contributed by atoms with van der Waals surface area (Å²) in [4.78, 5) is 68.6. The maximum Gasteiger partial charge on any atom is 0.326 e. The van der Waals surface area contributed by atoms with E-state index < -0.39 is 66.2 Å². The summed E-state index contributed by atoms with van der Waals surface area (Å²) >= 11 is 0. The zero-order chi connectivity index (χ0) is 29.8. The van der Waals surface area contributed by atoms with Crippen LogP contribution in [0.25, 0.3) is 0 Å². The molecule has 218 valence electrons. The number of rotatable bonds is 16. The number of benzene rings is 1. The van der Waals surface area contributed by atoms with E-state index in [9.17, 15) is 34.2 Å². The number of carboxylic acid groups (broad SMARTS) is 2. The minimum absolute atomic E-state index is 0.000160. The van der Waals surface area contributed by atoms with Gasteiger partial charge in [-0.15, -0.1) is 0 Å². The van der Waals surface area contributed by atoms with Gasteiger partial charge in [0.25, 0.3) is 0 Å². The highest BCUT2D eigenvalue weighted by Gasteiger charge is 2.33. The van der Waals surface area contributed by atoms with Crippen LogP contribution >= 0.6 is 0 Å². The molecule has 0 saturated heterocycles. The predicted octanol–water partition coefficient (Wildman–Crippen LogP) is -0.322. The van der Waals surface area contributed by atoms with Crippen LogP contribution in [0.3, 0.4) is 0 Å². The van der Waals surface area contributed by atoms with Crippen molar-refractivity contribution in [3.63, 3.8) is 0 Å². The summed E-state index contributed by atoms with van der Waals surface area (Å²) in [6.45, 7) is 3.46. The number of aliphatic carboxylic acids is 2. The highest BCUT2D eigenvalue weighted by molar-refractivity contribution is 5.94. The molecule has 0 aliphatic heterocycles. The van der Waals surface area contributed by atoms with Gasteiger partial charge in [0.15, 0.2) is 0 Å². The standard InChI is InChI=1S/C26H36N6O8/c1-3-14(2)22(25(38)30-19(26(39)40)8-9-21(34)35)32-24(37)20(10-15-4-6-17(33)7-5-15)31-23(36)18(27)11-16-12-28-13-29-16/h4-7,12-14,18-20,22,33H,3,8-11,27H2,1-2H3,(H,28,29)(H,30,38)(H,31,36)(H,32,37)(H,34,35)(H,39,40). The number of nitrogens with zero attached hydrogens (tertiary/aromatic N) is 1. The largest absolute Gasteiger partial charge is 0.508 e. The molecule has 1 heterocycles. The molecule has 0 bridgehead atoms. The number of H-pyrrole nitrogens is 1. The number of aromatic hydroxyl groups is 1. The Balaban J connectivity index is 2.23. The monoisotopic (exact) mass is 560 g/mol. The van der Waals surface area contributed by atoms with Crippen LogP contribution < -0.4 is 21.7 Å². The topological polar surface area (TPSA) is 237 Å². The smallest absolute Gasteiger partial charge is 0.326 e. The Morgan fingerprint density at radius 1 is 0.950 bits per heavy atom. The SMILES string of the molecule is CCC(C)C(NC(=O)C(Cc1ccc(O)cc1)NC(=O)C(N)Cc1cnc[nH]1)C(=O)NC(CCC(=O)O)C(=O)O. The molecule has 5 atom stereocenters. The number of aromatic nitrogens is 2. The Hall–Kier alpha value is -4.46. The average Bonchev–Trinajstić information content (AvgIpc) is 3.42. The van der Waals surface area contributed by atoms with Crippen molar-refractivity contribution < 1.29 is 39.3 Å². The van der Waals surface area contributed by atoms with Crippen LogP contribution in [0, 0.1) is 5.92 Å². The van der Waals surface area contributed by atoms with E-state index in [0.717, 1.165) is 0 Å². The number of amides is 3. The van der Waals surface area contributed by atoms with Gasteiger partial charge in [0.05, 0.1) is 12.4 Å². The molecule has 2 rings (SSSR count). The van der Waals surface area contributed by atoms with Crippen LogP contribution in [0.2, 0.25) is 0 Å². The number of carbonyl (C=O) groups is 5. The molecule has 1 aromatic heterocycles. The number of nitrogens with two attached hydrogens (primary N) is 1. The van der Waals surface area contributed by atoms with Crippen molar-refractivity contribution in [1.29, 1.82) is 0 Å². The van der Waals surface area contributed by atoms with Crippen LogP contribution in [-0.2, 0) is 36.8 Å². The summed E-state index contributed by atoms with van der Waals surface area (Å²) in [6.07, 6.45) is 2.71. The molecule has 0 saturated carbocycles. The summed E-state index contributed by atoms with van der Waals surface area (Å²) in [6, 6.07) is 1.16. The van der Waals surface area contributed by atoms with Gasteiger partial charge < -0.3 is 42.0 Å². The Bertz CT molecular complexity index is 1150. The third-order valence-corrected chi connectivity index (χ3v) is 6.40. The maximum atomic E-state index is 13.5. The number of hydrogen-bond acceptors (Lipinski definition) is 8. The van der Waals surface area contributed by atoms with Crippen molar-refractivity contribution in [3.8, 4) is 5.75 Å². The minimum Gasteiger partial charge on any atom is -0.508 e. The highest BCUT2D eigenvalue weighted by atomic mass is 16.4. The molecular weight excluding hydrogens is 524 g/mol. The van der Waals surface area contributed by atoms with Crippen LogP contribution in [-0.4, -0.2) is 79.1 Å². The van der Waals surface area contributed by atoms with Crippen molar-refractivity contribution >= 4 is 29.7 Å². The molecule has 5 unspecified atom stereocenters. The van der Waals surface area contributed by atoms with Crippen LogP contribution in [0.4, 0.5) is 0 Å². The Kier molecular flexibility index (Phi) is 12.1. The minimum atomic E-state index is -1.47. The summed E-state index contributed by atoms with van der Waals surface area (Å²) < 4.78 is 0. The lowest BCUT2D eigenvalue weighted by Crippen LogP contribution is -2.59. The Morgan fingerprint density at radius 3 is 2.15 bits per heavy atom. The van der Waals surface area contributed by atoms with E-state index in [1.54, 1.807) is 26.0 Å². The van der Waals surface area contributed by atoms with Gasteiger partial charge in [-0.3, -0.25) is 19.2 Å². The first-order chi connectivity index (χ1) is 18.9. The second-order valence-corrected chi connectivity index (χ2v) is 9.52. The second-order valence-electron chi connectivity index (χ2n) is 9.52. The molecule has 14 nitrogen and oxygen atoms in total. The second kappa shape index (κ2) is 15.2. The number of carboxylic acids is 2. The number of carbonyl (C=O) groups excluding carboxylic acids is 3. The van der Waals surface area contributed by atoms with Gasteiger partial charge in [-0.2, -0.15) is 0 Å². The van der Waals surface area contributed by atoms with Gasteiger partial charge in [-0.1, -0.05) is 32.4 Å². The Labute approximate surface area is 230 Å². The molecule has 14 heteroatoms. The molecule has 9 N–H and O–H groups in total. The first-order valence-corrected chi connectivity index (χ1v) is 12.8. The number of phenols is 1. The molecule has 0 aliphatic rings. The highest BCUT2D eigenvalue weighted by Crippen LogP contribution is 2.14. The molecule has 3 amide bonds. The van der Waals surface area contributed by atoms with Crippen molar-refractivity contribution in [2.75, 3.05) is 0 Å². The van der Waals surface area contributed by atoms with Crippen LogP contribution in [0.5, 0.6) is 5.75 Å². The maximum absolute atomic E-state index is 13.5. The molecule has 0 radical (unpaired) electrons. The molecule has 0 aliphatic carbocycles. The van der Waals surface area contributed by atoms with E-state index in [1.807, 2.05) is 0 Å². The summed E-state index contributed by atoms with van der Waals surface area (Å²) in [5.74, 6) is -5.19. The predicted molar refractivity (Wildman–Crippen MR) is 142 cm³/mol. The van der Waals surface area contributed by atoms with Gasteiger partial charge in [0.2, 0.25) is 17.7 Å². The van der Waals surface area contributed by atoms with Crippen LogP contribution in [0.15, 0.2) is 36.8 Å². The number of phenolic OH excluding ortho intramolecular Hbond substituents is 1. The fraction of sp³-hybridized carbons (Fsp3) is 0.462. The number of hydrogen-bond donors (Lipinski definition) is 8. The quantitative estimate of drug-likeness (QED) is 0.133. The van der Waals surface area contributed by atoms with Crippen molar-refractivity contribution in [2.45, 2.75) is 70.1 Å². The van der Waals surface area contributed by atoms with E-state index in [4.69, 9.17) is 10.8 Å². The lowest BCUT2D eigenvalue weighted by molar-refractivity contribution is -0.143. The number of aromatic amines is 1. The number of nitrogens with one attached hydrogen (secondary N) is 4. The lowest BCUT2D eigenvalue weighted by atomic mass is 9.96. The third kappa shape index (κ3) is 10.0. The van der Waals surface area contributed by atoms with E-state index in [2.05, 4.69) is 25.9 Å². The molecular formula is C26H36N6O8. The summed E-state index contributed by atoms with van der Waals surface area (Å²) in [7, 11) is 0. The van der Waals surface area contributed by atoms with Gasteiger partial charge >= 0.3 is 11.9 Å². The van der Waals surface area contributed by atoms with Crippen molar-refractivity contribution in [2.24, 2.45) is 11.7 Å². The van der Waals surface area contributed by atoms with E-state index in [0.29, 0.717) is 17.7 Å². The fourth-order valence-corrected chi connectivity index (χ4v) is 3.82.